The molecular formula is C17H16BrN3O5S. The summed E-state index contributed by atoms with van der Waals surface area (Å²) in [6.45, 7) is 0.932. The second kappa shape index (κ2) is 7.75. The first-order chi connectivity index (χ1) is 12.8. The highest BCUT2D eigenvalue weighted by molar-refractivity contribution is 9.10. The van der Waals surface area contributed by atoms with Gasteiger partial charge in [0.2, 0.25) is 10.0 Å². The van der Waals surface area contributed by atoms with E-state index >= 15 is 0 Å². The van der Waals surface area contributed by atoms with Crippen molar-refractivity contribution in [3.8, 4) is 0 Å². The number of amides is 1. The summed E-state index contributed by atoms with van der Waals surface area (Å²) in [5.41, 5.74) is 0.216. The van der Waals surface area contributed by atoms with E-state index in [4.69, 9.17) is 0 Å². The van der Waals surface area contributed by atoms with Gasteiger partial charge in [0.05, 0.1) is 15.4 Å². The van der Waals surface area contributed by atoms with E-state index in [2.05, 4.69) is 21.2 Å². The Labute approximate surface area is 164 Å². The van der Waals surface area contributed by atoms with Gasteiger partial charge >= 0.3 is 0 Å². The van der Waals surface area contributed by atoms with Crippen LogP contribution >= 0.6 is 15.9 Å². The van der Waals surface area contributed by atoms with E-state index < -0.39 is 20.9 Å². The molecule has 142 valence electrons. The fraction of sp³-hybridized carbons (Fsp3) is 0.235. The maximum absolute atomic E-state index is 12.7. The second-order valence-corrected chi connectivity index (χ2v) is 8.81. The van der Waals surface area contributed by atoms with E-state index in [0.717, 1.165) is 12.8 Å². The number of benzene rings is 2. The summed E-state index contributed by atoms with van der Waals surface area (Å²) in [4.78, 5) is 22.9. The predicted octanol–water partition coefficient (Wildman–Crippen LogP) is 3.39. The summed E-state index contributed by atoms with van der Waals surface area (Å²) in [5.74, 6) is -0.569. The average Bonchev–Trinajstić information content (AvgIpc) is 3.17. The van der Waals surface area contributed by atoms with Crippen molar-refractivity contribution in [3.05, 3.63) is 62.6 Å². The molecule has 27 heavy (non-hydrogen) atoms. The van der Waals surface area contributed by atoms with Crippen molar-refractivity contribution in [2.24, 2.45) is 0 Å². The number of nitro groups is 1. The van der Waals surface area contributed by atoms with Gasteiger partial charge in [-0.3, -0.25) is 14.9 Å². The normalized spacial score (nSPS) is 14.9. The fourth-order valence-corrected chi connectivity index (χ4v) is 4.78. The van der Waals surface area contributed by atoms with E-state index in [0.29, 0.717) is 17.6 Å². The number of non-ortho nitro benzene ring substituents is 1. The van der Waals surface area contributed by atoms with Crippen molar-refractivity contribution in [3.63, 3.8) is 0 Å². The summed E-state index contributed by atoms with van der Waals surface area (Å²) in [6, 6.07) is 9.78. The van der Waals surface area contributed by atoms with Gasteiger partial charge in [-0.2, -0.15) is 4.31 Å². The zero-order valence-corrected chi connectivity index (χ0v) is 16.5. The molecule has 1 amide bonds. The lowest BCUT2D eigenvalue weighted by molar-refractivity contribution is -0.384. The highest BCUT2D eigenvalue weighted by Crippen LogP contribution is 2.26. The van der Waals surface area contributed by atoms with Crippen LogP contribution in [0.5, 0.6) is 0 Å². The number of nitrogens with zero attached hydrogens (tertiary/aromatic N) is 2. The fourth-order valence-electron chi connectivity index (χ4n) is 2.81. The maximum Gasteiger partial charge on any atom is 0.271 e. The van der Waals surface area contributed by atoms with Crippen molar-refractivity contribution < 1.29 is 18.1 Å². The van der Waals surface area contributed by atoms with Crippen molar-refractivity contribution in [1.82, 2.24) is 4.31 Å². The molecule has 8 nitrogen and oxygen atoms in total. The van der Waals surface area contributed by atoms with Crippen molar-refractivity contribution in [1.29, 1.82) is 0 Å². The third kappa shape index (κ3) is 4.18. The number of carbonyl (C=O) groups is 1. The lowest BCUT2D eigenvalue weighted by atomic mass is 10.2. The van der Waals surface area contributed by atoms with Crippen LogP contribution in [0, 0.1) is 10.1 Å². The molecule has 2 aromatic carbocycles. The summed E-state index contributed by atoms with van der Waals surface area (Å²) in [6.07, 6.45) is 1.63. The van der Waals surface area contributed by atoms with Crippen LogP contribution < -0.4 is 5.32 Å². The first-order valence-electron chi connectivity index (χ1n) is 8.14. The largest absolute Gasteiger partial charge is 0.322 e. The zero-order chi connectivity index (χ0) is 19.6. The van der Waals surface area contributed by atoms with Gasteiger partial charge in [0, 0.05) is 35.4 Å². The Bertz CT molecular complexity index is 1000. The molecule has 10 heteroatoms. The molecule has 1 aliphatic rings. The number of halogens is 1. The number of hydrogen-bond donors (Lipinski definition) is 1. The van der Waals surface area contributed by atoms with E-state index in [1.165, 1.54) is 46.8 Å². The van der Waals surface area contributed by atoms with Gasteiger partial charge < -0.3 is 5.32 Å². The van der Waals surface area contributed by atoms with Crippen LogP contribution in [0.25, 0.3) is 0 Å². The molecule has 0 saturated carbocycles. The number of carbonyl (C=O) groups excluding carboxylic acids is 1. The van der Waals surface area contributed by atoms with Gasteiger partial charge in [-0.05, 0) is 53.0 Å². The Balaban J connectivity index is 1.89. The van der Waals surface area contributed by atoms with E-state index in [1.807, 2.05) is 0 Å². The Morgan fingerprint density at radius 1 is 1.15 bits per heavy atom. The molecule has 3 rings (SSSR count). The maximum atomic E-state index is 12.7. The molecule has 0 radical (unpaired) electrons. The summed E-state index contributed by atoms with van der Waals surface area (Å²) < 4.78 is 27.2. The molecule has 2 aromatic rings. The van der Waals surface area contributed by atoms with Crippen LogP contribution in [0.3, 0.4) is 0 Å². The number of hydrogen-bond acceptors (Lipinski definition) is 5. The third-order valence-corrected chi connectivity index (χ3v) is 6.79. The third-order valence-electron chi connectivity index (χ3n) is 4.20. The molecule has 0 aliphatic carbocycles. The van der Waals surface area contributed by atoms with Crippen LogP contribution in [-0.2, 0) is 10.0 Å². The van der Waals surface area contributed by atoms with Crippen LogP contribution in [0.4, 0.5) is 11.4 Å². The quantitative estimate of drug-likeness (QED) is 0.550. The van der Waals surface area contributed by atoms with Gasteiger partial charge in [-0.25, -0.2) is 8.42 Å². The molecule has 0 aromatic heterocycles. The smallest absolute Gasteiger partial charge is 0.271 e. The molecule has 1 saturated heterocycles. The van der Waals surface area contributed by atoms with Crippen LogP contribution in [-0.4, -0.2) is 36.6 Å². The van der Waals surface area contributed by atoms with E-state index in [1.54, 1.807) is 0 Å². The topological polar surface area (TPSA) is 110 Å². The predicted molar refractivity (Wildman–Crippen MR) is 103 cm³/mol. The van der Waals surface area contributed by atoms with Crippen LogP contribution in [0.15, 0.2) is 51.8 Å². The van der Waals surface area contributed by atoms with Gasteiger partial charge in [-0.15, -0.1) is 0 Å². The number of nitrogens with one attached hydrogen (secondary N) is 1. The minimum atomic E-state index is -3.66. The van der Waals surface area contributed by atoms with Crippen molar-refractivity contribution in [2.75, 3.05) is 18.4 Å². The number of sulfonamides is 1. The first kappa shape index (κ1) is 19.5. The number of nitro benzene ring substituents is 1. The minimum Gasteiger partial charge on any atom is -0.322 e. The highest BCUT2D eigenvalue weighted by atomic mass is 79.9. The summed E-state index contributed by atoms with van der Waals surface area (Å²) >= 11 is 3.25. The molecule has 0 unspecified atom stereocenters. The average molecular weight is 454 g/mol. The SMILES string of the molecule is O=C(Nc1cccc([N+](=O)[O-])c1)c1cc(S(=O)(=O)N2CCCC2)ccc1Br. The highest BCUT2D eigenvalue weighted by Gasteiger charge is 2.28. The first-order valence-corrected chi connectivity index (χ1v) is 10.4. The summed E-state index contributed by atoms with van der Waals surface area (Å²) in [5, 5.41) is 13.4. The molecule has 1 aliphatic heterocycles. The molecule has 1 heterocycles. The van der Waals surface area contributed by atoms with Crippen molar-refractivity contribution >= 4 is 43.2 Å². The Hall–Kier alpha value is -2.30. The van der Waals surface area contributed by atoms with Gasteiger partial charge in [-0.1, -0.05) is 6.07 Å². The number of anilines is 1. The van der Waals surface area contributed by atoms with Crippen LogP contribution in [0.2, 0.25) is 0 Å². The lowest BCUT2D eigenvalue weighted by Crippen LogP contribution is -2.28. The monoisotopic (exact) mass is 453 g/mol. The lowest BCUT2D eigenvalue weighted by Gasteiger charge is -2.16. The van der Waals surface area contributed by atoms with Crippen LogP contribution in [0.1, 0.15) is 23.2 Å². The Kier molecular flexibility index (Phi) is 5.59. The van der Waals surface area contributed by atoms with Gasteiger partial charge in [0.25, 0.3) is 11.6 Å². The molecule has 0 atom stereocenters. The molecular weight excluding hydrogens is 438 g/mol. The molecule has 0 bridgehead atoms. The summed E-state index contributed by atoms with van der Waals surface area (Å²) in [7, 11) is -3.66. The zero-order valence-electron chi connectivity index (χ0n) is 14.1. The minimum absolute atomic E-state index is 0.0387. The molecule has 1 fully saturated rings. The second-order valence-electron chi connectivity index (χ2n) is 6.01. The Morgan fingerprint density at radius 3 is 2.52 bits per heavy atom. The molecule has 0 spiro atoms. The van der Waals surface area contributed by atoms with E-state index in [9.17, 15) is 23.3 Å². The van der Waals surface area contributed by atoms with E-state index in [-0.39, 0.29) is 21.8 Å². The standard InChI is InChI=1S/C17H16BrN3O5S/c18-16-7-6-14(27(25,26)20-8-1-2-9-20)11-15(16)17(22)19-12-4-3-5-13(10-12)21(23)24/h3-7,10-11H,1-2,8-9H2,(H,19,22). The number of rotatable bonds is 5. The van der Waals surface area contributed by atoms with Crippen molar-refractivity contribution in [2.45, 2.75) is 17.7 Å². The Morgan fingerprint density at radius 2 is 1.85 bits per heavy atom. The van der Waals surface area contributed by atoms with Gasteiger partial charge in [0.1, 0.15) is 0 Å². The van der Waals surface area contributed by atoms with Gasteiger partial charge in [0.15, 0.2) is 0 Å². The molecule has 1 N–H and O–H groups in total.